The second-order valence-electron chi connectivity index (χ2n) is 7.97. The van der Waals surface area contributed by atoms with Crippen molar-refractivity contribution in [2.24, 2.45) is 0 Å². The first-order chi connectivity index (χ1) is 15.4. The van der Waals surface area contributed by atoms with Gasteiger partial charge in [-0.3, -0.25) is 4.79 Å². The van der Waals surface area contributed by atoms with Crippen molar-refractivity contribution in [3.05, 3.63) is 58.1 Å². The largest absolute Gasteiger partial charge is 0.449 e. The van der Waals surface area contributed by atoms with E-state index in [0.717, 1.165) is 11.1 Å². The molecule has 1 unspecified atom stereocenters. The molecule has 0 radical (unpaired) electrons. The number of aryl methyl sites for hydroxylation is 1. The summed E-state index contributed by atoms with van der Waals surface area (Å²) in [6.45, 7) is 11.4. The summed E-state index contributed by atoms with van der Waals surface area (Å²) in [4.78, 5) is 25.3. The summed E-state index contributed by atoms with van der Waals surface area (Å²) in [5.74, 6) is -1.11. The Morgan fingerprint density at radius 3 is 2.30 bits per heavy atom. The Balaban J connectivity index is 2.23. The van der Waals surface area contributed by atoms with Gasteiger partial charge in [-0.15, -0.1) is 0 Å². The fourth-order valence-corrected chi connectivity index (χ4v) is 5.34. The minimum absolute atomic E-state index is 0.00464. The summed E-state index contributed by atoms with van der Waals surface area (Å²) < 4.78 is 32.3. The van der Waals surface area contributed by atoms with Crippen molar-refractivity contribution < 1.29 is 22.7 Å². The zero-order valence-corrected chi connectivity index (χ0v) is 21.4. The number of esters is 1. The SMILES string of the molecule is CCN(CC)S(=O)(=O)c1cc(C(=O)OC(C)C(=O)Nc2c(C)cccc2C(C)C)ccc1Cl. The summed E-state index contributed by atoms with van der Waals surface area (Å²) in [5, 5.41) is 2.86. The number of hydrogen-bond donors (Lipinski definition) is 1. The summed E-state index contributed by atoms with van der Waals surface area (Å²) in [6.07, 6.45) is -1.10. The molecule has 0 saturated carbocycles. The highest BCUT2D eigenvalue weighted by Gasteiger charge is 2.27. The van der Waals surface area contributed by atoms with Crippen molar-refractivity contribution in [2.75, 3.05) is 18.4 Å². The Kier molecular flexibility index (Phi) is 9.05. The molecule has 0 aliphatic rings. The predicted octanol–water partition coefficient (Wildman–Crippen LogP) is 4.99. The average Bonchev–Trinajstić information content (AvgIpc) is 2.75. The molecule has 0 heterocycles. The van der Waals surface area contributed by atoms with Crippen LogP contribution < -0.4 is 5.32 Å². The van der Waals surface area contributed by atoms with Crippen molar-refractivity contribution in [1.82, 2.24) is 4.31 Å². The molecule has 2 aromatic rings. The van der Waals surface area contributed by atoms with Crippen molar-refractivity contribution in [3.8, 4) is 0 Å². The first-order valence-electron chi connectivity index (χ1n) is 10.8. The molecule has 0 aliphatic carbocycles. The molecule has 2 rings (SSSR count). The van der Waals surface area contributed by atoms with Gasteiger partial charge in [0.2, 0.25) is 10.0 Å². The predicted molar refractivity (Wildman–Crippen MR) is 130 cm³/mol. The highest BCUT2D eigenvalue weighted by Crippen LogP contribution is 2.28. The number of carbonyl (C=O) groups is 2. The monoisotopic (exact) mass is 494 g/mol. The van der Waals surface area contributed by atoms with Gasteiger partial charge in [-0.25, -0.2) is 13.2 Å². The Morgan fingerprint density at radius 2 is 1.73 bits per heavy atom. The highest BCUT2D eigenvalue weighted by molar-refractivity contribution is 7.89. The van der Waals surface area contributed by atoms with E-state index in [1.165, 1.54) is 29.4 Å². The summed E-state index contributed by atoms with van der Waals surface area (Å²) >= 11 is 6.12. The lowest BCUT2D eigenvalue weighted by atomic mass is 9.98. The minimum atomic E-state index is -3.88. The van der Waals surface area contributed by atoms with Gasteiger partial charge in [-0.05, 0) is 49.1 Å². The maximum atomic E-state index is 12.9. The fourth-order valence-electron chi connectivity index (χ4n) is 3.38. The van der Waals surface area contributed by atoms with Crippen molar-refractivity contribution in [1.29, 1.82) is 0 Å². The number of amides is 1. The maximum Gasteiger partial charge on any atom is 0.338 e. The van der Waals surface area contributed by atoms with Crippen LogP contribution in [0.15, 0.2) is 41.3 Å². The molecule has 9 heteroatoms. The van der Waals surface area contributed by atoms with Gasteiger partial charge in [0.15, 0.2) is 6.10 Å². The van der Waals surface area contributed by atoms with Crippen molar-refractivity contribution >= 4 is 39.2 Å². The molecule has 0 fully saturated rings. The molecular weight excluding hydrogens is 464 g/mol. The van der Waals surface area contributed by atoms with Gasteiger partial charge in [0.25, 0.3) is 5.91 Å². The lowest BCUT2D eigenvalue weighted by molar-refractivity contribution is -0.123. The van der Waals surface area contributed by atoms with Gasteiger partial charge in [-0.2, -0.15) is 4.31 Å². The topological polar surface area (TPSA) is 92.8 Å². The number of nitrogens with one attached hydrogen (secondary N) is 1. The number of rotatable bonds is 9. The molecule has 0 aliphatic heterocycles. The smallest absolute Gasteiger partial charge is 0.338 e. The molecule has 1 N–H and O–H groups in total. The van der Waals surface area contributed by atoms with Crippen LogP contribution in [0.25, 0.3) is 0 Å². The summed E-state index contributed by atoms with van der Waals surface area (Å²) in [5.41, 5.74) is 2.56. The number of ether oxygens (including phenoxy) is 1. The molecule has 0 aromatic heterocycles. The van der Waals surface area contributed by atoms with E-state index < -0.39 is 28.0 Å². The van der Waals surface area contributed by atoms with E-state index in [1.807, 2.05) is 39.0 Å². The first-order valence-corrected chi connectivity index (χ1v) is 12.7. The number of halogens is 1. The quantitative estimate of drug-likeness (QED) is 0.496. The number of nitrogens with zero attached hydrogens (tertiary/aromatic N) is 1. The maximum absolute atomic E-state index is 12.9. The zero-order chi connectivity index (χ0) is 24.9. The van der Waals surface area contributed by atoms with Crippen LogP contribution in [0.3, 0.4) is 0 Å². The molecule has 1 atom stereocenters. The normalized spacial score (nSPS) is 12.6. The van der Waals surface area contributed by atoms with Crippen LogP contribution in [0, 0.1) is 6.92 Å². The fraction of sp³-hybridized carbons (Fsp3) is 0.417. The molecule has 1 amide bonds. The van der Waals surface area contributed by atoms with E-state index in [4.69, 9.17) is 16.3 Å². The second-order valence-corrected chi connectivity index (χ2v) is 10.3. The van der Waals surface area contributed by atoms with Crippen LogP contribution >= 0.6 is 11.6 Å². The molecule has 180 valence electrons. The number of benzene rings is 2. The van der Waals surface area contributed by atoms with Gasteiger partial charge in [0.1, 0.15) is 4.90 Å². The number of hydrogen-bond acceptors (Lipinski definition) is 5. The highest BCUT2D eigenvalue weighted by atomic mass is 35.5. The van der Waals surface area contributed by atoms with Gasteiger partial charge in [-0.1, -0.05) is 57.5 Å². The average molecular weight is 495 g/mol. The lowest BCUT2D eigenvalue weighted by Crippen LogP contribution is -2.32. The molecule has 2 aromatic carbocycles. The third-order valence-corrected chi connectivity index (χ3v) is 7.85. The zero-order valence-electron chi connectivity index (χ0n) is 19.8. The van der Waals surface area contributed by atoms with E-state index in [1.54, 1.807) is 13.8 Å². The van der Waals surface area contributed by atoms with Crippen molar-refractivity contribution in [3.63, 3.8) is 0 Å². The lowest BCUT2D eigenvalue weighted by Gasteiger charge is -2.20. The minimum Gasteiger partial charge on any atom is -0.449 e. The Hall–Kier alpha value is -2.42. The van der Waals surface area contributed by atoms with Crippen LogP contribution in [0.2, 0.25) is 5.02 Å². The van der Waals surface area contributed by atoms with Crippen LogP contribution in [0.4, 0.5) is 5.69 Å². The Morgan fingerprint density at radius 1 is 1.09 bits per heavy atom. The van der Waals surface area contributed by atoms with Crippen molar-refractivity contribution in [2.45, 2.75) is 58.5 Å². The van der Waals surface area contributed by atoms with E-state index in [2.05, 4.69) is 5.32 Å². The molecule has 0 saturated heterocycles. The molecule has 33 heavy (non-hydrogen) atoms. The Bertz CT molecular complexity index is 1130. The van der Waals surface area contributed by atoms with Crippen LogP contribution in [-0.2, 0) is 19.6 Å². The third kappa shape index (κ3) is 6.13. The summed E-state index contributed by atoms with van der Waals surface area (Å²) in [6, 6.07) is 9.64. The molecule has 7 nitrogen and oxygen atoms in total. The molecule has 0 bridgehead atoms. The number of sulfonamides is 1. The van der Waals surface area contributed by atoms with E-state index in [0.29, 0.717) is 5.69 Å². The van der Waals surface area contributed by atoms with Gasteiger partial charge >= 0.3 is 5.97 Å². The molecule has 0 spiro atoms. The number of para-hydroxylation sites is 1. The van der Waals surface area contributed by atoms with E-state index in [-0.39, 0.29) is 34.5 Å². The molecular formula is C24H31ClN2O5S. The summed E-state index contributed by atoms with van der Waals surface area (Å²) in [7, 11) is -3.88. The van der Waals surface area contributed by atoms with Crippen LogP contribution in [-0.4, -0.2) is 43.8 Å². The van der Waals surface area contributed by atoms with Crippen LogP contribution in [0.5, 0.6) is 0 Å². The van der Waals surface area contributed by atoms with Gasteiger partial charge < -0.3 is 10.1 Å². The van der Waals surface area contributed by atoms with E-state index in [9.17, 15) is 18.0 Å². The first kappa shape index (κ1) is 26.8. The number of anilines is 1. The van der Waals surface area contributed by atoms with Gasteiger partial charge in [0, 0.05) is 18.8 Å². The van der Waals surface area contributed by atoms with E-state index >= 15 is 0 Å². The van der Waals surface area contributed by atoms with Crippen LogP contribution in [0.1, 0.15) is 62.0 Å². The Labute approximate surface area is 201 Å². The third-order valence-electron chi connectivity index (χ3n) is 5.32. The second kappa shape index (κ2) is 11.1. The standard InChI is InChI=1S/C24H31ClN2O5S/c1-7-27(8-2)33(30,31)21-14-18(12-13-20(21)25)24(29)32-17(6)23(28)26-22-16(5)10-9-11-19(22)15(3)4/h9-15,17H,7-8H2,1-6H3,(H,26,28). The number of carbonyl (C=O) groups excluding carboxylic acids is 2. The van der Waals surface area contributed by atoms with Gasteiger partial charge in [0.05, 0.1) is 10.6 Å².